The third-order valence-electron chi connectivity index (χ3n) is 7.28. The van der Waals surface area contributed by atoms with Crippen molar-refractivity contribution in [3.05, 3.63) is 89.5 Å². The zero-order chi connectivity index (χ0) is 23.5. The maximum Gasteiger partial charge on any atom is 0.127 e. The predicted molar refractivity (Wildman–Crippen MR) is 136 cm³/mol. The van der Waals surface area contributed by atoms with Crippen molar-refractivity contribution in [2.75, 3.05) is 33.4 Å². The van der Waals surface area contributed by atoms with Gasteiger partial charge in [0.25, 0.3) is 0 Å². The zero-order valence-electron chi connectivity index (χ0n) is 20.5. The van der Waals surface area contributed by atoms with E-state index in [9.17, 15) is 0 Å². The molecule has 2 atom stereocenters. The molecule has 0 spiro atoms. The smallest absolute Gasteiger partial charge is 0.127 e. The molecule has 4 heteroatoms. The normalized spacial score (nSPS) is 21.5. The molecule has 4 nitrogen and oxygen atoms in total. The van der Waals surface area contributed by atoms with Gasteiger partial charge in [0.05, 0.1) is 7.11 Å². The second kappa shape index (κ2) is 9.71. The minimum Gasteiger partial charge on any atom is -0.497 e. The summed E-state index contributed by atoms with van der Waals surface area (Å²) in [7, 11) is 1.70. The lowest BCUT2D eigenvalue weighted by Crippen LogP contribution is -2.43. The second-order valence-corrected chi connectivity index (χ2v) is 9.94. The average molecular weight is 458 g/mol. The van der Waals surface area contributed by atoms with Crippen LogP contribution in [0.3, 0.4) is 0 Å². The number of hydrogen-bond donors (Lipinski definition) is 0. The first kappa shape index (κ1) is 22.8. The first-order chi connectivity index (χ1) is 16.5. The predicted octanol–water partition coefficient (Wildman–Crippen LogP) is 6.26. The summed E-state index contributed by atoms with van der Waals surface area (Å²) in [5.41, 5.74) is 3.35. The van der Waals surface area contributed by atoms with Gasteiger partial charge in [-0.15, -0.1) is 0 Å². The van der Waals surface area contributed by atoms with Crippen LogP contribution in [0.2, 0.25) is 0 Å². The van der Waals surface area contributed by atoms with Crippen LogP contribution in [0.5, 0.6) is 17.2 Å². The number of nitrogens with zero attached hydrogens (tertiary/aromatic N) is 1. The molecule has 5 rings (SSSR count). The van der Waals surface area contributed by atoms with E-state index in [0.717, 1.165) is 30.4 Å². The molecule has 34 heavy (non-hydrogen) atoms. The molecule has 0 aliphatic carbocycles. The summed E-state index contributed by atoms with van der Waals surface area (Å²) in [4.78, 5) is 2.48. The van der Waals surface area contributed by atoms with Gasteiger partial charge in [0, 0.05) is 30.0 Å². The number of benzene rings is 3. The van der Waals surface area contributed by atoms with Crippen LogP contribution in [0.4, 0.5) is 0 Å². The third-order valence-corrected chi connectivity index (χ3v) is 7.28. The first-order valence-electron chi connectivity index (χ1n) is 12.4. The Bertz CT molecular complexity index is 1090. The van der Waals surface area contributed by atoms with E-state index in [1.807, 2.05) is 12.1 Å². The van der Waals surface area contributed by atoms with Gasteiger partial charge in [-0.25, -0.2) is 0 Å². The van der Waals surface area contributed by atoms with Crippen molar-refractivity contribution in [2.45, 2.75) is 44.1 Å². The fourth-order valence-corrected chi connectivity index (χ4v) is 5.61. The van der Waals surface area contributed by atoms with Crippen molar-refractivity contribution in [3.8, 4) is 17.2 Å². The fourth-order valence-electron chi connectivity index (χ4n) is 5.61. The Labute approximate surface area is 203 Å². The highest BCUT2D eigenvalue weighted by Gasteiger charge is 2.45. The topological polar surface area (TPSA) is 30.9 Å². The van der Waals surface area contributed by atoms with Gasteiger partial charge in [-0.3, -0.25) is 4.90 Å². The van der Waals surface area contributed by atoms with Gasteiger partial charge >= 0.3 is 0 Å². The van der Waals surface area contributed by atoms with Crippen molar-refractivity contribution in [2.24, 2.45) is 0 Å². The first-order valence-corrected chi connectivity index (χ1v) is 12.4. The number of methoxy groups -OCH3 is 1. The second-order valence-electron chi connectivity index (χ2n) is 9.94. The Morgan fingerprint density at radius 1 is 0.882 bits per heavy atom. The Balaban J connectivity index is 1.46. The van der Waals surface area contributed by atoms with Gasteiger partial charge in [-0.2, -0.15) is 0 Å². The Morgan fingerprint density at radius 2 is 1.59 bits per heavy atom. The molecule has 0 bridgehead atoms. The maximum absolute atomic E-state index is 6.60. The summed E-state index contributed by atoms with van der Waals surface area (Å²) in [6, 6.07) is 25.6. The van der Waals surface area contributed by atoms with Crippen LogP contribution >= 0.6 is 0 Å². The number of ether oxygens (including phenoxy) is 3. The quantitative estimate of drug-likeness (QED) is 0.419. The fraction of sp³-hybridized carbons (Fsp3) is 0.400. The highest BCUT2D eigenvalue weighted by Crippen LogP contribution is 2.53. The summed E-state index contributed by atoms with van der Waals surface area (Å²) in [5, 5.41) is 0. The van der Waals surface area contributed by atoms with E-state index in [0.29, 0.717) is 0 Å². The summed E-state index contributed by atoms with van der Waals surface area (Å²) >= 11 is 0. The Hall–Kier alpha value is -2.98. The summed E-state index contributed by atoms with van der Waals surface area (Å²) in [6.07, 6.45) is 2.62. The van der Waals surface area contributed by atoms with Crippen LogP contribution in [-0.4, -0.2) is 43.9 Å². The lowest BCUT2D eigenvalue weighted by Gasteiger charge is -2.45. The van der Waals surface area contributed by atoms with E-state index in [4.69, 9.17) is 14.2 Å². The van der Waals surface area contributed by atoms with Crippen molar-refractivity contribution >= 4 is 0 Å². The molecule has 2 aliphatic rings. The molecule has 2 aliphatic heterocycles. The molecule has 0 N–H and O–H groups in total. The molecule has 2 heterocycles. The molecule has 0 aromatic heterocycles. The molecule has 178 valence electrons. The Kier molecular flexibility index (Phi) is 6.51. The van der Waals surface area contributed by atoms with Crippen LogP contribution < -0.4 is 14.2 Å². The standard InChI is InChI=1S/C30H35NO3/c1-30(2)29(23-9-5-4-6-10-23)28(26-16-15-25(32-3)21-27(26)34-30)22-11-13-24(14-12-22)33-20-19-31-17-7-8-18-31/h4-6,9-16,21,28-29H,7-8,17-20H2,1-3H3/t28-,29+/m0/s1. The molecule has 3 aromatic carbocycles. The summed E-state index contributed by atoms with van der Waals surface area (Å²) in [6.45, 7) is 8.52. The summed E-state index contributed by atoms with van der Waals surface area (Å²) in [5.74, 6) is 2.96. The zero-order valence-corrected chi connectivity index (χ0v) is 20.5. The van der Waals surface area contributed by atoms with E-state index < -0.39 is 5.60 Å². The van der Waals surface area contributed by atoms with Gasteiger partial charge in [-0.05, 0) is 69.1 Å². The average Bonchev–Trinajstić information content (AvgIpc) is 3.37. The van der Waals surface area contributed by atoms with Crippen molar-refractivity contribution < 1.29 is 14.2 Å². The molecule has 0 amide bonds. The van der Waals surface area contributed by atoms with Crippen LogP contribution in [0.15, 0.2) is 72.8 Å². The lowest BCUT2D eigenvalue weighted by molar-refractivity contribution is 0.0528. The molecule has 0 saturated carbocycles. The number of rotatable bonds is 7. The van der Waals surface area contributed by atoms with Crippen LogP contribution in [0, 0.1) is 0 Å². The van der Waals surface area contributed by atoms with Crippen molar-refractivity contribution in [3.63, 3.8) is 0 Å². The number of fused-ring (bicyclic) bond motifs is 1. The minimum atomic E-state index is -0.393. The van der Waals surface area contributed by atoms with Crippen LogP contribution in [-0.2, 0) is 0 Å². The van der Waals surface area contributed by atoms with Crippen LogP contribution in [0.1, 0.15) is 55.2 Å². The van der Waals surface area contributed by atoms with Gasteiger partial charge in [0.1, 0.15) is 29.5 Å². The van der Waals surface area contributed by atoms with E-state index >= 15 is 0 Å². The Morgan fingerprint density at radius 3 is 2.29 bits per heavy atom. The largest absolute Gasteiger partial charge is 0.497 e. The third kappa shape index (κ3) is 4.65. The molecule has 1 fully saturated rings. The van der Waals surface area contributed by atoms with Gasteiger partial charge in [-0.1, -0.05) is 48.5 Å². The number of likely N-dealkylation sites (tertiary alicyclic amines) is 1. The van der Waals surface area contributed by atoms with Crippen molar-refractivity contribution in [1.82, 2.24) is 4.90 Å². The molecular weight excluding hydrogens is 422 g/mol. The molecular formula is C30H35NO3. The van der Waals surface area contributed by atoms with Crippen LogP contribution in [0.25, 0.3) is 0 Å². The maximum atomic E-state index is 6.60. The molecule has 0 radical (unpaired) electrons. The van der Waals surface area contributed by atoms with Gasteiger partial charge in [0.2, 0.25) is 0 Å². The molecule has 3 aromatic rings. The summed E-state index contributed by atoms with van der Waals surface area (Å²) < 4.78 is 18.2. The number of hydrogen-bond acceptors (Lipinski definition) is 4. The van der Waals surface area contributed by atoms with E-state index in [2.05, 4.69) is 79.4 Å². The molecule has 1 saturated heterocycles. The minimum absolute atomic E-state index is 0.158. The lowest BCUT2D eigenvalue weighted by atomic mass is 9.68. The highest BCUT2D eigenvalue weighted by atomic mass is 16.5. The van der Waals surface area contributed by atoms with Gasteiger partial charge in [0.15, 0.2) is 0 Å². The molecule has 0 unspecified atom stereocenters. The SMILES string of the molecule is COc1ccc2c(c1)OC(C)(C)[C@H](c1ccccc1)[C@H]2c1ccc(OCCN2CCCC2)cc1. The van der Waals surface area contributed by atoms with E-state index in [1.54, 1.807) is 7.11 Å². The van der Waals surface area contributed by atoms with Gasteiger partial charge < -0.3 is 14.2 Å². The van der Waals surface area contributed by atoms with Crippen molar-refractivity contribution in [1.29, 1.82) is 0 Å². The highest BCUT2D eigenvalue weighted by molar-refractivity contribution is 5.52. The van der Waals surface area contributed by atoms with E-state index in [1.165, 1.54) is 42.6 Å². The van der Waals surface area contributed by atoms with E-state index in [-0.39, 0.29) is 11.8 Å². The monoisotopic (exact) mass is 457 g/mol.